The molecule has 116 valence electrons. The van der Waals surface area contributed by atoms with Crippen molar-refractivity contribution in [3.05, 3.63) is 62.4 Å². The van der Waals surface area contributed by atoms with Crippen LogP contribution in [0.15, 0.2) is 35.7 Å². The number of hydrogen-bond acceptors (Lipinski definition) is 3. The monoisotopic (exact) mass is 343 g/mol. The SMILES string of the molecule is Cc1ccc(NC(=O)c2cc3c(s2)-c2ccsc2CC3)cc1F. The Bertz CT molecular complexity index is 910. The normalized spacial score (nSPS) is 12.6. The van der Waals surface area contributed by atoms with Crippen LogP contribution in [0.5, 0.6) is 0 Å². The van der Waals surface area contributed by atoms with Gasteiger partial charge < -0.3 is 5.32 Å². The van der Waals surface area contributed by atoms with Crippen molar-refractivity contribution in [2.45, 2.75) is 19.8 Å². The van der Waals surface area contributed by atoms with Gasteiger partial charge in [-0.1, -0.05) is 6.07 Å². The lowest BCUT2D eigenvalue weighted by atomic mass is 9.98. The number of fused-ring (bicyclic) bond motifs is 3. The number of rotatable bonds is 2. The average molecular weight is 343 g/mol. The number of anilines is 1. The third-order valence-electron chi connectivity index (χ3n) is 4.07. The van der Waals surface area contributed by atoms with Gasteiger partial charge in [-0.25, -0.2) is 4.39 Å². The summed E-state index contributed by atoms with van der Waals surface area (Å²) >= 11 is 3.29. The Hall–Kier alpha value is -1.98. The molecule has 0 radical (unpaired) electrons. The van der Waals surface area contributed by atoms with Gasteiger partial charge in [-0.3, -0.25) is 4.79 Å². The third kappa shape index (κ3) is 2.60. The summed E-state index contributed by atoms with van der Waals surface area (Å²) in [6, 6.07) is 8.85. The van der Waals surface area contributed by atoms with Crippen LogP contribution >= 0.6 is 22.7 Å². The van der Waals surface area contributed by atoms with E-state index >= 15 is 0 Å². The summed E-state index contributed by atoms with van der Waals surface area (Å²) in [4.78, 5) is 15.7. The minimum Gasteiger partial charge on any atom is -0.321 e. The molecule has 5 heteroatoms. The van der Waals surface area contributed by atoms with E-state index in [1.54, 1.807) is 30.4 Å². The van der Waals surface area contributed by atoms with E-state index in [9.17, 15) is 9.18 Å². The van der Waals surface area contributed by atoms with Gasteiger partial charge in [-0.2, -0.15) is 0 Å². The van der Waals surface area contributed by atoms with Gasteiger partial charge in [0.1, 0.15) is 5.82 Å². The number of aryl methyl sites for hydroxylation is 3. The van der Waals surface area contributed by atoms with Crippen LogP contribution in [0.4, 0.5) is 10.1 Å². The summed E-state index contributed by atoms with van der Waals surface area (Å²) in [5.74, 6) is -0.486. The second-order valence-corrected chi connectivity index (χ2v) is 7.69. The minimum absolute atomic E-state index is 0.176. The summed E-state index contributed by atoms with van der Waals surface area (Å²) in [7, 11) is 0. The van der Waals surface area contributed by atoms with E-state index < -0.39 is 0 Å². The first-order chi connectivity index (χ1) is 11.1. The number of benzene rings is 1. The Morgan fingerprint density at radius 2 is 2.09 bits per heavy atom. The van der Waals surface area contributed by atoms with E-state index in [1.165, 1.54) is 38.3 Å². The molecule has 4 rings (SSSR count). The maximum atomic E-state index is 13.6. The van der Waals surface area contributed by atoms with Crippen molar-refractivity contribution in [3.63, 3.8) is 0 Å². The molecule has 2 nitrogen and oxygen atoms in total. The van der Waals surface area contributed by atoms with Crippen molar-refractivity contribution in [3.8, 4) is 10.4 Å². The molecule has 0 aliphatic heterocycles. The lowest BCUT2D eigenvalue weighted by Gasteiger charge is -2.10. The fraction of sp³-hybridized carbons (Fsp3) is 0.167. The van der Waals surface area contributed by atoms with Gasteiger partial charge in [0.05, 0.1) is 4.88 Å². The second-order valence-electron chi connectivity index (χ2n) is 5.64. The van der Waals surface area contributed by atoms with Gasteiger partial charge in [0.15, 0.2) is 0 Å². The molecule has 0 atom stereocenters. The molecule has 0 saturated heterocycles. The van der Waals surface area contributed by atoms with Gasteiger partial charge in [0.25, 0.3) is 5.91 Å². The fourth-order valence-electron chi connectivity index (χ4n) is 2.80. The van der Waals surface area contributed by atoms with Crippen molar-refractivity contribution < 1.29 is 9.18 Å². The highest BCUT2D eigenvalue weighted by Gasteiger charge is 2.22. The summed E-state index contributed by atoms with van der Waals surface area (Å²) in [5.41, 5.74) is 3.56. The zero-order valence-corrected chi connectivity index (χ0v) is 14.1. The number of amides is 1. The van der Waals surface area contributed by atoms with Crippen LogP contribution in [0, 0.1) is 12.7 Å². The summed E-state index contributed by atoms with van der Waals surface area (Å²) in [5, 5.41) is 4.89. The third-order valence-corrected chi connectivity index (χ3v) is 6.26. The Kier molecular flexibility index (Phi) is 3.54. The first kappa shape index (κ1) is 14.6. The summed E-state index contributed by atoms with van der Waals surface area (Å²) < 4.78 is 13.6. The molecular weight excluding hydrogens is 329 g/mol. The van der Waals surface area contributed by atoms with E-state index in [0.717, 1.165) is 12.8 Å². The number of thiophene rings is 2. The number of carbonyl (C=O) groups excluding carboxylic acids is 1. The molecule has 23 heavy (non-hydrogen) atoms. The molecule has 1 aromatic carbocycles. The van der Waals surface area contributed by atoms with Gasteiger partial charge in [-0.05, 0) is 60.5 Å². The van der Waals surface area contributed by atoms with E-state index in [4.69, 9.17) is 0 Å². The van der Waals surface area contributed by atoms with Crippen molar-refractivity contribution >= 4 is 34.3 Å². The Morgan fingerprint density at radius 1 is 1.22 bits per heavy atom. The summed E-state index contributed by atoms with van der Waals surface area (Å²) in [6.07, 6.45) is 2.02. The molecule has 0 saturated carbocycles. The highest BCUT2D eigenvalue weighted by molar-refractivity contribution is 7.18. The van der Waals surface area contributed by atoms with Gasteiger partial charge in [0.2, 0.25) is 0 Å². The standard InChI is InChI=1S/C18H14FNOS2/c1-10-2-4-12(9-14(10)19)20-18(21)16-8-11-3-5-15-13(6-7-22-15)17(11)23-16/h2,4,6-9H,3,5H2,1H3,(H,20,21). The number of carbonyl (C=O) groups is 1. The maximum absolute atomic E-state index is 13.6. The zero-order valence-electron chi connectivity index (χ0n) is 12.5. The molecule has 1 aliphatic carbocycles. The Balaban J connectivity index is 1.62. The molecule has 0 bridgehead atoms. The van der Waals surface area contributed by atoms with Crippen LogP contribution in [0.25, 0.3) is 10.4 Å². The van der Waals surface area contributed by atoms with Gasteiger partial charge in [-0.15, -0.1) is 22.7 Å². The minimum atomic E-state index is -0.309. The molecule has 0 spiro atoms. The molecule has 2 aromatic heterocycles. The maximum Gasteiger partial charge on any atom is 0.265 e. The highest BCUT2D eigenvalue weighted by Crippen LogP contribution is 2.41. The number of halogens is 1. The number of hydrogen-bond donors (Lipinski definition) is 1. The quantitative estimate of drug-likeness (QED) is 0.674. The smallest absolute Gasteiger partial charge is 0.265 e. The predicted octanol–water partition coefficient (Wildman–Crippen LogP) is 5.28. The lowest BCUT2D eigenvalue weighted by molar-refractivity contribution is 0.103. The topological polar surface area (TPSA) is 29.1 Å². The molecule has 1 aliphatic rings. The van der Waals surface area contributed by atoms with E-state index in [1.807, 2.05) is 6.07 Å². The van der Waals surface area contributed by atoms with Crippen molar-refractivity contribution in [2.75, 3.05) is 5.32 Å². The summed E-state index contributed by atoms with van der Waals surface area (Å²) in [6.45, 7) is 1.70. The predicted molar refractivity (Wildman–Crippen MR) is 94.1 cm³/mol. The first-order valence-corrected chi connectivity index (χ1v) is 9.08. The molecular formula is C18H14FNOS2. The average Bonchev–Trinajstić information content (AvgIpc) is 3.16. The van der Waals surface area contributed by atoms with Crippen LogP contribution in [-0.4, -0.2) is 5.91 Å². The van der Waals surface area contributed by atoms with Crippen molar-refractivity contribution in [2.24, 2.45) is 0 Å². The molecule has 3 aromatic rings. The van der Waals surface area contributed by atoms with Crippen LogP contribution in [0.1, 0.15) is 25.7 Å². The zero-order chi connectivity index (χ0) is 16.0. The van der Waals surface area contributed by atoms with E-state index in [0.29, 0.717) is 16.1 Å². The molecule has 1 amide bonds. The van der Waals surface area contributed by atoms with E-state index in [2.05, 4.69) is 16.8 Å². The van der Waals surface area contributed by atoms with Crippen LogP contribution < -0.4 is 5.32 Å². The molecule has 0 fully saturated rings. The molecule has 0 unspecified atom stereocenters. The highest BCUT2D eigenvalue weighted by atomic mass is 32.1. The van der Waals surface area contributed by atoms with Gasteiger partial charge in [0, 0.05) is 21.0 Å². The van der Waals surface area contributed by atoms with Crippen LogP contribution in [0.2, 0.25) is 0 Å². The largest absolute Gasteiger partial charge is 0.321 e. The lowest BCUT2D eigenvalue weighted by Crippen LogP contribution is -2.10. The molecule has 1 N–H and O–H groups in total. The van der Waals surface area contributed by atoms with E-state index in [-0.39, 0.29) is 11.7 Å². The van der Waals surface area contributed by atoms with Crippen LogP contribution in [-0.2, 0) is 12.8 Å². The van der Waals surface area contributed by atoms with Gasteiger partial charge >= 0.3 is 0 Å². The van der Waals surface area contributed by atoms with Crippen molar-refractivity contribution in [1.29, 1.82) is 0 Å². The fourth-order valence-corrected chi connectivity index (χ4v) is 4.91. The Labute approximate surface area is 141 Å². The number of nitrogens with one attached hydrogen (secondary N) is 1. The first-order valence-electron chi connectivity index (χ1n) is 7.39. The van der Waals surface area contributed by atoms with Crippen LogP contribution in [0.3, 0.4) is 0 Å². The molecule has 2 heterocycles. The second kappa shape index (κ2) is 5.58. The van der Waals surface area contributed by atoms with Crippen molar-refractivity contribution in [1.82, 2.24) is 0 Å². The Morgan fingerprint density at radius 3 is 2.91 bits per heavy atom.